The molecule has 0 fully saturated rings. The van der Waals surface area contributed by atoms with Crippen LogP contribution in [0.25, 0.3) is 0 Å². The predicted molar refractivity (Wildman–Crippen MR) is 101 cm³/mol. The molecule has 1 N–H and O–H groups in total. The van der Waals surface area contributed by atoms with Crippen LogP contribution in [0.15, 0.2) is 23.7 Å². The van der Waals surface area contributed by atoms with E-state index in [1.807, 2.05) is 26.5 Å². The molecule has 9 heteroatoms. The highest BCUT2D eigenvalue weighted by Crippen LogP contribution is 2.01. The SMILES string of the molecule is CCc1nncn1CCNC(=NC)N(C)Cc1cnn(C)c1.I. The molecule has 0 amide bonds. The van der Waals surface area contributed by atoms with Gasteiger partial charge < -0.3 is 14.8 Å². The molecule has 2 heterocycles. The van der Waals surface area contributed by atoms with E-state index in [9.17, 15) is 0 Å². The van der Waals surface area contributed by atoms with Crippen molar-refractivity contribution >= 4 is 29.9 Å². The molecule has 0 aliphatic rings. The van der Waals surface area contributed by atoms with Gasteiger partial charge in [-0.2, -0.15) is 5.10 Å². The third-order valence-electron chi connectivity index (χ3n) is 3.40. The summed E-state index contributed by atoms with van der Waals surface area (Å²) in [6, 6.07) is 0. The maximum atomic E-state index is 4.32. The van der Waals surface area contributed by atoms with Gasteiger partial charge in [0.1, 0.15) is 12.2 Å². The fourth-order valence-corrected chi connectivity index (χ4v) is 2.31. The van der Waals surface area contributed by atoms with E-state index >= 15 is 0 Å². The first-order valence-corrected chi connectivity index (χ1v) is 7.40. The van der Waals surface area contributed by atoms with Gasteiger partial charge in [0, 0.05) is 59.0 Å². The third kappa shape index (κ3) is 5.48. The number of nitrogens with one attached hydrogen (secondary N) is 1. The Bertz CT molecular complexity index is 618. The highest BCUT2D eigenvalue weighted by atomic mass is 127. The fourth-order valence-electron chi connectivity index (χ4n) is 2.31. The van der Waals surface area contributed by atoms with E-state index in [-0.39, 0.29) is 24.0 Å². The van der Waals surface area contributed by atoms with Gasteiger partial charge in [-0.1, -0.05) is 6.92 Å². The Labute approximate surface area is 154 Å². The first kappa shape index (κ1) is 19.4. The quantitative estimate of drug-likeness (QED) is 0.417. The van der Waals surface area contributed by atoms with Gasteiger partial charge in [-0.3, -0.25) is 9.67 Å². The van der Waals surface area contributed by atoms with E-state index in [1.54, 1.807) is 18.1 Å². The summed E-state index contributed by atoms with van der Waals surface area (Å²) >= 11 is 0. The molecule has 0 saturated heterocycles. The minimum absolute atomic E-state index is 0. The number of rotatable bonds is 6. The van der Waals surface area contributed by atoms with E-state index in [0.717, 1.165) is 43.4 Å². The van der Waals surface area contributed by atoms with E-state index < -0.39 is 0 Å². The molecule has 2 rings (SSSR count). The predicted octanol–water partition coefficient (Wildman–Crippen LogP) is 0.899. The van der Waals surface area contributed by atoms with Gasteiger partial charge in [-0.05, 0) is 0 Å². The van der Waals surface area contributed by atoms with Crippen molar-refractivity contribution in [2.75, 3.05) is 20.6 Å². The van der Waals surface area contributed by atoms with Gasteiger partial charge in [-0.25, -0.2) is 0 Å². The van der Waals surface area contributed by atoms with Crippen molar-refractivity contribution in [2.45, 2.75) is 26.4 Å². The minimum atomic E-state index is 0. The van der Waals surface area contributed by atoms with Crippen LogP contribution in [0.2, 0.25) is 0 Å². The molecule has 0 aliphatic heterocycles. The third-order valence-corrected chi connectivity index (χ3v) is 3.40. The van der Waals surface area contributed by atoms with Crippen LogP contribution >= 0.6 is 24.0 Å². The van der Waals surface area contributed by atoms with Gasteiger partial charge in [0.2, 0.25) is 0 Å². The number of hydrogen-bond donors (Lipinski definition) is 1. The molecule has 0 spiro atoms. The lowest BCUT2D eigenvalue weighted by molar-refractivity contribution is 0.472. The Morgan fingerprint density at radius 3 is 2.83 bits per heavy atom. The molecule has 0 unspecified atom stereocenters. The Morgan fingerprint density at radius 2 is 2.22 bits per heavy atom. The van der Waals surface area contributed by atoms with Crippen molar-refractivity contribution in [1.29, 1.82) is 0 Å². The maximum Gasteiger partial charge on any atom is 0.193 e. The van der Waals surface area contributed by atoms with Crippen LogP contribution in [0.1, 0.15) is 18.3 Å². The summed E-state index contributed by atoms with van der Waals surface area (Å²) in [5, 5.41) is 15.6. The fraction of sp³-hybridized carbons (Fsp3) is 0.571. The second-order valence-electron chi connectivity index (χ2n) is 5.15. The number of guanidine groups is 1. The first-order chi connectivity index (χ1) is 10.6. The molecule has 2 aromatic heterocycles. The molecule has 0 saturated carbocycles. The van der Waals surface area contributed by atoms with Crippen LogP contribution in [0.5, 0.6) is 0 Å². The van der Waals surface area contributed by atoms with Crippen molar-refractivity contribution in [1.82, 2.24) is 34.8 Å². The largest absolute Gasteiger partial charge is 0.354 e. The number of halogens is 1. The maximum absolute atomic E-state index is 4.32. The number of aryl methyl sites for hydroxylation is 2. The standard InChI is InChI=1S/C14H24N8.HI/c1-5-13-19-17-11-22(13)7-6-16-14(15-2)20(3)9-12-8-18-21(4)10-12;/h8,10-11H,5-7,9H2,1-4H3,(H,15,16);1H. The summed E-state index contributed by atoms with van der Waals surface area (Å²) in [5.41, 5.74) is 1.15. The molecule has 128 valence electrons. The number of aliphatic imine (C=N–C) groups is 1. The van der Waals surface area contributed by atoms with Gasteiger partial charge >= 0.3 is 0 Å². The monoisotopic (exact) mass is 432 g/mol. The van der Waals surface area contributed by atoms with Gasteiger partial charge in [0.15, 0.2) is 5.96 Å². The highest BCUT2D eigenvalue weighted by Gasteiger charge is 2.08. The molecule has 0 bridgehead atoms. The molecular weight excluding hydrogens is 407 g/mol. The van der Waals surface area contributed by atoms with Gasteiger partial charge in [-0.15, -0.1) is 34.2 Å². The van der Waals surface area contributed by atoms with Crippen LogP contribution in [-0.4, -0.2) is 56.0 Å². The smallest absolute Gasteiger partial charge is 0.193 e. The van der Waals surface area contributed by atoms with E-state index in [0.29, 0.717) is 0 Å². The van der Waals surface area contributed by atoms with Gasteiger partial charge in [0.25, 0.3) is 0 Å². The average Bonchev–Trinajstić information content (AvgIpc) is 3.12. The summed E-state index contributed by atoms with van der Waals surface area (Å²) in [5.74, 6) is 1.86. The summed E-state index contributed by atoms with van der Waals surface area (Å²) in [6.45, 7) is 4.43. The van der Waals surface area contributed by atoms with Crippen LogP contribution in [0.3, 0.4) is 0 Å². The average molecular weight is 432 g/mol. The lowest BCUT2D eigenvalue weighted by Gasteiger charge is -2.21. The normalized spacial score (nSPS) is 11.2. The second-order valence-corrected chi connectivity index (χ2v) is 5.15. The topological polar surface area (TPSA) is 76.2 Å². The van der Waals surface area contributed by atoms with Crippen molar-refractivity contribution < 1.29 is 0 Å². The number of nitrogens with zero attached hydrogens (tertiary/aromatic N) is 7. The molecule has 8 nitrogen and oxygen atoms in total. The summed E-state index contributed by atoms with van der Waals surface area (Å²) in [6.07, 6.45) is 6.53. The molecule has 0 aliphatic carbocycles. The molecule has 0 radical (unpaired) electrons. The van der Waals surface area contributed by atoms with Crippen molar-refractivity contribution in [2.24, 2.45) is 12.0 Å². The lowest BCUT2D eigenvalue weighted by Crippen LogP contribution is -2.39. The zero-order chi connectivity index (χ0) is 15.9. The highest BCUT2D eigenvalue weighted by molar-refractivity contribution is 14.0. The van der Waals surface area contributed by atoms with Crippen molar-refractivity contribution in [3.63, 3.8) is 0 Å². The van der Waals surface area contributed by atoms with E-state index in [2.05, 4.69) is 42.0 Å². The van der Waals surface area contributed by atoms with Gasteiger partial charge in [0.05, 0.1) is 6.20 Å². The Morgan fingerprint density at radius 1 is 1.43 bits per heavy atom. The Kier molecular flexibility index (Phi) is 8.00. The number of aromatic nitrogens is 5. The van der Waals surface area contributed by atoms with Crippen LogP contribution in [-0.2, 0) is 26.6 Å². The van der Waals surface area contributed by atoms with E-state index in [1.165, 1.54) is 0 Å². The van der Waals surface area contributed by atoms with Crippen LogP contribution in [0, 0.1) is 0 Å². The summed E-state index contributed by atoms with van der Waals surface area (Å²) in [7, 11) is 5.72. The summed E-state index contributed by atoms with van der Waals surface area (Å²) in [4.78, 5) is 6.39. The van der Waals surface area contributed by atoms with E-state index in [4.69, 9.17) is 0 Å². The zero-order valence-electron chi connectivity index (χ0n) is 14.1. The molecule has 2 aromatic rings. The minimum Gasteiger partial charge on any atom is -0.354 e. The Balaban J connectivity index is 0.00000264. The Hall–Kier alpha value is -1.65. The number of hydrogen-bond acceptors (Lipinski definition) is 4. The second kappa shape index (κ2) is 9.48. The van der Waals surface area contributed by atoms with Crippen molar-refractivity contribution in [3.8, 4) is 0 Å². The molecule has 23 heavy (non-hydrogen) atoms. The molecular formula is C14H25IN8. The summed E-state index contributed by atoms with van der Waals surface area (Å²) < 4.78 is 3.86. The lowest BCUT2D eigenvalue weighted by atomic mass is 10.3. The molecule has 0 atom stereocenters. The first-order valence-electron chi connectivity index (χ1n) is 7.40. The van der Waals surface area contributed by atoms with Crippen molar-refractivity contribution in [3.05, 3.63) is 30.1 Å². The zero-order valence-corrected chi connectivity index (χ0v) is 16.4. The van der Waals surface area contributed by atoms with Crippen LogP contribution < -0.4 is 5.32 Å². The molecule has 0 aromatic carbocycles. The van der Waals surface area contributed by atoms with Crippen LogP contribution in [0.4, 0.5) is 0 Å².